The van der Waals surface area contributed by atoms with E-state index in [0.717, 1.165) is 19.3 Å². The van der Waals surface area contributed by atoms with Crippen LogP contribution < -0.4 is 0 Å². The Bertz CT molecular complexity index is 604. The molecule has 9 nitrogen and oxygen atoms in total. The number of likely N-dealkylation sites (tertiary alicyclic amines) is 1. The van der Waals surface area contributed by atoms with E-state index >= 15 is 0 Å². The van der Waals surface area contributed by atoms with Crippen molar-refractivity contribution < 1.29 is 38.4 Å². The molecule has 1 aliphatic carbocycles. The minimum atomic E-state index is -2.52. The Labute approximate surface area is 157 Å². The van der Waals surface area contributed by atoms with E-state index in [-0.39, 0.29) is 32.7 Å². The van der Waals surface area contributed by atoms with Crippen molar-refractivity contribution >= 4 is 17.8 Å². The minimum Gasteiger partial charge on any atom is -0.465 e. The summed E-state index contributed by atoms with van der Waals surface area (Å²) in [5.41, 5.74) is -2.03. The lowest BCUT2D eigenvalue weighted by Gasteiger charge is -2.42. The predicted octanol–water partition coefficient (Wildman–Crippen LogP) is 0.335. The van der Waals surface area contributed by atoms with E-state index in [2.05, 4.69) is 0 Å². The van der Waals surface area contributed by atoms with Gasteiger partial charge in [-0.15, -0.1) is 0 Å². The fraction of sp³-hybridized carbons (Fsp3) is 0.833. The number of nitrogens with zero attached hydrogens (tertiary/aromatic N) is 1. The molecule has 3 atom stereocenters. The van der Waals surface area contributed by atoms with Gasteiger partial charge in [-0.05, 0) is 26.7 Å². The van der Waals surface area contributed by atoms with Crippen LogP contribution >= 0.6 is 0 Å². The molecule has 1 saturated carbocycles. The summed E-state index contributed by atoms with van der Waals surface area (Å²) < 4.78 is 20.9. The second-order valence-electron chi connectivity index (χ2n) is 7.11. The third-order valence-corrected chi connectivity index (χ3v) is 5.67. The van der Waals surface area contributed by atoms with Crippen LogP contribution in [0.2, 0.25) is 0 Å². The zero-order valence-electron chi connectivity index (χ0n) is 15.8. The quantitative estimate of drug-likeness (QED) is 0.674. The van der Waals surface area contributed by atoms with E-state index in [1.54, 1.807) is 13.8 Å². The van der Waals surface area contributed by atoms with Crippen molar-refractivity contribution in [3.8, 4) is 0 Å². The number of fused-ring (bicyclic) bond motifs is 1. The molecule has 0 bridgehead atoms. The maximum atomic E-state index is 13.3. The molecule has 2 aliphatic heterocycles. The SMILES string of the molecule is CCOC(=O)C1N(C2CCCCC2)C(=O)C2(O)OCOCC12C(=O)OCC. The Balaban J connectivity index is 2.12. The lowest BCUT2D eigenvalue weighted by molar-refractivity contribution is -0.321. The normalized spacial score (nSPS) is 34.3. The van der Waals surface area contributed by atoms with Gasteiger partial charge in [-0.2, -0.15) is 0 Å². The van der Waals surface area contributed by atoms with Crippen molar-refractivity contribution in [1.29, 1.82) is 0 Å². The molecule has 0 aromatic rings. The molecule has 1 amide bonds. The second kappa shape index (κ2) is 7.73. The average Bonchev–Trinajstić information content (AvgIpc) is 2.88. The molecule has 152 valence electrons. The maximum absolute atomic E-state index is 13.3. The third kappa shape index (κ3) is 2.92. The standard InChI is InChI=1S/C18H27NO8/c1-3-25-14(20)13-17(16(22)26-4-2)10-24-11-27-18(17,23)15(21)19(13)12-8-6-5-7-9-12/h12-13,23H,3-11H2,1-2H3. The molecule has 0 spiro atoms. The number of carbonyl (C=O) groups excluding carboxylic acids is 3. The molecule has 27 heavy (non-hydrogen) atoms. The topological polar surface area (TPSA) is 112 Å². The number of hydrogen-bond acceptors (Lipinski definition) is 8. The van der Waals surface area contributed by atoms with E-state index in [9.17, 15) is 19.5 Å². The lowest BCUT2D eigenvalue weighted by Crippen LogP contribution is -2.65. The van der Waals surface area contributed by atoms with Crippen molar-refractivity contribution in [2.75, 3.05) is 26.6 Å². The highest BCUT2D eigenvalue weighted by Crippen LogP contribution is 2.51. The first-order valence-corrected chi connectivity index (χ1v) is 9.54. The number of esters is 2. The molecule has 3 unspecified atom stereocenters. The second-order valence-corrected chi connectivity index (χ2v) is 7.11. The summed E-state index contributed by atoms with van der Waals surface area (Å²) in [6.07, 6.45) is 4.18. The fourth-order valence-electron chi connectivity index (χ4n) is 4.44. The van der Waals surface area contributed by atoms with Gasteiger partial charge in [-0.25, -0.2) is 4.79 Å². The van der Waals surface area contributed by atoms with Gasteiger partial charge < -0.3 is 29.0 Å². The summed E-state index contributed by atoms with van der Waals surface area (Å²) in [5.74, 6) is -5.00. The van der Waals surface area contributed by atoms with Crippen LogP contribution in [0.15, 0.2) is 0 Å². The van der Waals surface area contributed by atoms with Gasteiger partial charge in [0.1, 0.15) is 0 Å². The number of carbonyl (C=O) groups is 3. The van der Waals surface area contributed by atoms with Crippen molar-refractivity contribution in [2.45, 2.75) is 63.8 Å². The molecular formula is C18H27NO8. The molecule has 0 aromatic carbocycles. The lowest BCUT2D eigenvalue weighted by atomic mass is 9.75. The summed E-state index contributed by atoms with van der Waals surface area (Å²) in [5, 5.41) is 11.2. The zero-order chi connectivity index (χ0) is 19.7. The van der Waals surface area contributed by atoms with Crippen molar-refractivity contribution in [3.63, 3.8) is 0 Å². The van der Waals surface area contributed by atoms with Crippen LogP contribution in [0.25, 0.3) is 0 Å². The van der Waals surface area contributed by atoms with Gasteiger partial charge in [-0.3, -0.25) is 9.59 Å². The first-order chi connectivity index (χ1) is 12.9. The molecule has 0 aromatic heterocycles. The predicted molar refractivity (Wildman–Crippen MR) is 90.1 cm³/mol. The largest absolute Gasteiger partial charge is 0.465 e. The molecule has 2 heterocycles. The summed E-state index contributed by atoms with van der Waals surface area (Å²) in [6, 6.07) is -1.65. The van der Waals surface area contributed by atoms with Crippen LogP contribution in [0.1, 0.15) is 46.0 Å². The zero-order valence-corrected chi connectivity index (χ0v) is 15.8. The Morgan fingerprint density at radius 3 is 2.48 bits per heavy atom. The number of hydrogen-bond donors (Lipinski definition) is 1. The first-order valence-electron chi connectivity index (χ1n) is 9.54. The van der Waals surface area contributed by atoms with Crippen LogP contribution in [0, 0.1) is 5.41 Å². The van der Waals surface area contributed by atoms with Gasteiger partial charge in [0.2, 0.25) is 0 Å². The van der Waals surface area contributed by atoms with Gasteiger partial charge in [0.15, 0.2) is 18.2 Å². The molecule has 3 aliphatic rings. The van der Waals surface area contributed by atoms with Gasteiger partial charge in [0, 0.05) is 6.04 Å². The van der Waals surface area contributed by atoms with Gasteiger partial charge >= 0.3 is 11.9 Å². The monoisotopic (exact) mass is 385 g/mol. The molecule has 9 heteroatoms. The number of rotatable bonds is 5. The van der Waals surface area contributed by atoms with E-state index in [0.29, 0.717) is 12.8 Å². The van der Waals surface area contributed by atoms with E-state index in [1.807, 2.05) is 0 Å². The third-order valence-electron chi connectivity index (χ3n) is 5.67. The average molecular weight is 385 g/mol. The summed E-state index contributed by atoms with van der Waals surface area (Å²) in [4.78, 5) is 40.4. The van der Waals surface area contributed by atoms with E-state index in [1.165, 1.54) is 4.90 Å². The summed E-state index contributed by atoms with van der Waals surface area (Å²) >= 11 is 0. The Kier molecular flexibility index (Phi) is 5.73. The smallest absolute Gasteiger partial charge is 0.330 e. The molecule has 1 N–H and O–H groups in total. The van der Waals surface area contributed by atoms with Crippen molar-refractivity contribution in [2.24, 2.45) is 5.41 Å². The molecular weight excluding hydrogens is 358 g/mol. The number of amides is 1. The highest BCUT2D eigenvalue weighted by molar-refractivity contribution is 6.03. The van der Waals surface area contributed by atoms with Gasteiger partial charge in [0.25, 0.3) is 11.7 Å². The Hall–Kier alpha value is -1.71. The summed E-state index contributed by atoms with van der Waals surface area (Å²) in [7, 11) is 0. The van der Waals surface area contributed by atoms with E-state index < -0.39 is 35.1 Å². The van der Waals surface area contributed by atoms with E-state index in [4.69, 9.17) is 18.9 Å². The molecule has 2 saturated heterocycles. The molecule has 3 fully saturated rings. The van der Waals surface area contributed by atoms with Gasteiger partial charge in [-0.1, -0.05) is 19.3 Å². The minimum absolute atomic E-state index is 0.0177. The summed E-state index contributed by atoms with van der Waals surface area (Å²) in [6.45, 7) is 2.59. The Morgan fingerprint density at radius 2 is 1.85 bits per heavy atom. The molecule has 0 radical (unpaired) electrons. The van der Waals surface area contributed by atoms with Crippen LogP contribution in [0.5, 0.6) is 0 Å². The highest BCUT2D eigenvalue weighted by Gasteiger charge is 2.79. The Morgan fingerprint density at radius 1 is 1.19 bits per heavy atom. The van der Waals surface area contributed by atoms with Crippen molar-refractivity contribution in [3.05, 3.63) is 0 Å². The highest BCUT2D eigenvalue weighted by atomic mass is 16.7. The van der Waals surface area contributed by atoms with Crippen LogP contribution in [-0.2, 0) is 33.3 Å². The van der Waals surface area contributed by atoms with Crippen molar-refractivity contribution in [1.82, 2.24) is 4.90 Å². The number of ether oxygens (including phenoxy) is 4. The van der Waals surface area contributed by atoms with Gasteiger partial charge in [0.05, 0.1) is 19.8 Å². The molecule has 3 rings (SSSR count). The van der Waals surface area contributed by atoms with Crippen LogP contribution in [0.4, 0.5) is 0 Å². The first kappa shape index (κ1) is 20.0. The van der Waals surface area contributed by atoms with Crippen LogP contribution in [0.3, 0.4) is 0 Å². The fourth-order valence-corrected chi connectivity index (χ4v) is 4.44. The number of aliphatic hydroxyl groups is 1. The maximum Gasteiger partial charge on any atom is 0.330 e. The van der Waals surface area contributed by atoms with Crippen LogP contribution in [-0.4, -0.2) is 72.3 Å².